The summed E-state index contributed by atoms with van der Waals surface area (Å²) in [4.78, 5) is 0. The molecule has 1 fully saturated rings. The minimum absolute atomic E-state index is 0.193. The van der Waals surface area contributed by atoms with Gasteiger partial charge in [0.15, 0.2) is 0 Å². The van der Waals surface area contributed by atoms with Gasteiger partial charge in [0.2, 0.25) is 0 Å². The van der Waals surface area contributed by atoms with Crippen LogP contribution in [0.1, 0.15) is 19.4 Å². The first-order chi connectivity index (χ1) is 7.98. The Bertz CT molecular complexity index is 392. The van der Waals surface area contributed by atoms with E-state index in [1.807, 2.05) is 0 Å². The van der Waals surface area contributed by atoms with Crippen LogP contribution in [0, 0.1) is 23.5 Å². The highest BCUT2D eigenvalue weighted by atomic mass is 19.1. The molecule has 1 heterocycles. The van der Waals surface area contributed by atoms with Crippen LogP contribution in [0.25, 0.3) is 0 Å². The van der Waals surface area contributed by atoms with E-state index in [1.54, 1.807) is 13.8 Å². The van der Waals surface area contributed by atoms with Gasteiger partial charge in [-0.3, -0.25) is 0 Å². The fourth-order valence-corrected chi connectivity index (χ4v) is 2.69. The molecule has 2 N–H and O–H groups in total. The monoisotopic (exact) mass is 241 g/mol. The Morgan fingerprint density at radius 3 is 2.12 bits per heavy atom. The third-order valence-electron chi connectivity index (χ3n) is 3.77. The maximum atomic E-state index is 13.8. The average Bonchev–Trinajstić information content (AvgIpc) is 2.26. The van der Waals surface area contributed by atoms with Crippen LogP contribution in [0.5, 0.6) is 0 Å². The second kappa shape index (κ2) is 4.35. The second-order valence-corrected chi connectivity index (χ2v) is 4.88. The van der Waals surface area contributed by atoms with Crippen LogP contribution in [0.4, 0.5) is 8.78 Å². The van der Waals surface area contributed by atoms with Gasteiger partial charge in [0, 0.05) is 24.9 Å². The molecule has 0 saturated carbocycles. The lowest BCUT2D eigenvalue weighted by Crippen LogP contribution is -2.53. The highest BCUT2D eigenvalue weighted by Crippen LogP contribution is 2.41. The van der Waals surface area contributed by atoms with Crippen LogP contribution in [0.15, 0.2) is 18.2 Å². The molecule has 0 aliphatic carbocycles. The van der Waals surface area contributed by atoms with Crippen molar-refractivity contribution in [1.82, 2.24) is 5.32 Å². The summed E-state index contributed by atoms with van der Waals surface area (Å²) < 4.78 is 27.6. The average molecular weight is 241 g/mol. The molecule has 2 atom stereocenters. The zero-order valence-corrected chi connectivity index (χ0v) is 10.0. The van der Waals surface area contributed by atoms with E-state index >= 15 is 0 Å². The van der Waals surface area contributed by atoms with Gasteiger partial charge in [-0.2, -0.15) is 0 Å². The number of nitrogens with one attached hydrogen (secondary N) is 1. The van der Waals surface area contributed by atoms with Crippen LogP contribution in [0.2, 0.25) is 0 Å². The Morgan fingerprint density at radius 2 is 1.65 bits per heavy atom. The predicted octanol–water partition coefficient (Wildman–Crippen LogP) is 2.03. The summed E-state index contributed by atoms with van der Waals surface area (Å²) in [6.07, 6.45) is 0. The Labute approximate surface area is 99.7 Å². The molecular weight excluding hydrogens is 224 g/mol. The van der Waals surface area contributed by atoms with Gasteiger partial charge < -0.3 is 10.4 Å². The predicted molar refractivity (Wildman–Crippen MR) is 61.5 cm³/mol. The molecular formula is C13H17F2NO. The molecule has 1 aromatic rings. The first-order valence-electron chi connectivity index (χ1n) is 5.85. The van der Waals surface area contributed by atoms with Gasteiger partial charge in [-0.1, -0.05) is 19.9 Å². The van der Waals surface area contributed by atoms with E-state index in [0.29, 0.717) is 13.1 Å². The van der Waals surface area contributed by atoms with E-state index in [1.165, 1.54) is 18.2 Å². The molecule has 1 aliphatic heterocycles. The lowest BCUT2D eigenvalue weighted by atomic mass is 9.71. The van der Waals surface area contributed by atoms with Crippen LogP contribution in [-0.2, 0) is 5.60 Å². The second-order valence-electron chi connectivity index (χ2n) is 4.88. The largest absolute Gasteiger partial charge is 0.384 e. The number of benzene rings is 1. The van der Waals surface area contributed by atoms with Crippen molar-refractivity contribution in [2.75, 3.05) is 13.1 Å². The van der Waals surface area contributed by atoms with E-state index in [9.17, 15) is 13.9 Å². The molecule has 2 nitrogen and oxygen atoms in total. The minimum Gasteiger partial charge on any atom is -0.384 e. The molecule has 0 spiro atoms. The molecule has 0 radical (unpaired) electrons. The zero-order chi connectivity index (χ0) is 12.6. The number of hydrogen-bond donors (Lipinski definition) is 2. The first-order valence-corrected chi connectivity index (χ1v) is 5.85. The summed E-state index contributed by atoms with van der Waals surface area (Å²) in [5.41, 5.74) is -1.64. The van der Waals surface area contributed by atoms with Crippen molar-refractivity contribution in [3.8, 4) is 0 Å². The SMILES string of the molecule is CC1CNCC(C)C1(O)c1c(F)cccc1F. The van der Waals surface area contributed by atoms with Crippen molar-refractivity contribution in [2.24, 2.45) is 11.8 Å². The van der Waals surface area contributed by atoms with Crippen LogP contribution < -0.4 is 5.32 Å². The summed E-state index contributed by atoms with van der Waals surface area (Å²) in [6, 6.07) is 3.70. The molecule has 17 heavy (non-hydrogen) atoms. The van der Waals surface area contributed by atoms with Crippen LogP contribution >= 0.6 is 0 Å². The first kappa shape index (κ1) is 12.5. The quantitative estimate of drug-likeness (QED) is 0.788. The van der Waals surface area contributed by atoms with Crippen molar-refractivity contribution in [3.63, 3.8) is 0 Å². The smallest absolute Gasteiger partial charge is 0.132 e. The van der Waals surface area contributed by atoms with Gasteiger partial charge in [-0.05, 0) is 12.1 Å². The highest BCUT2D eigenvalue weighted by molar-refractivity contribution is 5.28. The summed E-state index contributed by atoms with van der Waals surface area (Å²) in [7, 11) is 0. The molecule has 0 aromatic heterocycles. The van der Waals surface area contributed by atoms with Crippen molar-refractivity contribution >= 4 is 0 Å². The molecule has 2 rings (SSSR count). The molecule has 4 heteroatoms. The number of hydrogen-bond acceptors (Lipinski definition) is 2. The minimum atomic E-state index is -1.44. The summed E-state index contributed by atoms with van der Waals surface area (Å²) >= 11 is 0. The number of piperidine rings is 1. The Morgan fingerprint density at radius 1 is 1.18 bits per heavy atom. The number of halogens is 2. The lowest BCUT2D eigenvalue weighted by Gasteiger charge is -2.44. The standard InChI is InChI=1S/C13H17F2NO/c1-8-6-16-7-9(2)13(8,17)12-10(14)4-3-5-11(12)15/h3-5,8-9,16-17H,6-7H2,1-2H3. The van der Waals surface area contributed by atoms with Gasteiger partial charge in [-0.15, -0.1) is 0 Å². The molecule has 1 saturated heterocycles. The van der Waals surface area contributed by atoms with E-state index in [4.69, 9.17) is 0 Å². The number of aliphatic hydroxyl groups is 1. The molecule has 94 valence electrons. The molecule has 0 bridgehead atoms. The van der Waals surface area contributed by atoms with Gasteiger partial charge in [0.25, 0.3) is 0 Å². The number of rotatable bonds is 1. The molecule has 0 amide bonds. The maximum Gasteiger partial charge on any atom is 0.132 e. The van der Waals surface area contributed by atoms with Crippen molar-refractivity contribution < 1.29 is 13.9 Å². The van der Waals surface area contributed by atoms with Crippen molar-refractivity contribution in [3.05, 3.63) is 35.4 Å². The Kier molecular flexibility index (Phi) is 3.19. The molecule has 2 unspecified atom stereocenters. The van der Waals surface area contributed by atoms with Crippen LogP contribution in [-0.4, -0.2) is 18.2 Å². The van der Waals surface area contributed by atoms with E-state index in [-0.39, 0.29) is 17.4 Å². The van der Waals surface area contributed by atoms with Gasteiger partial charge >= 0.3 is 0 Å². The van der Waals surface area contributed by atoms with E-state index in [2.05, 4.69) is 5.32 Å². The fourth-order valence-electron chi connectivity index (χ4n) is 2.69. The lowest BCUT2D eigenvalue weighted by molar-refractivity contribution is -0.0856. The fraction of sp³-hybridized carbons (Fsp3) is 0.538. The third kappa shape index (κ3) is 1.85. The summed E-state index contributed by atoms with van der Waals surface area (Å²) in [5.74, 6) is -1.82. The van der Waals surface area contributed by atoms with Crippen LogP contribution in [0.3, 0.4) is 0 Å². The molecule has 1 aromatic carbocycles. The third-order valence-corrected chi connectivity index (χ3v) is 3.77. The highest BCUT2D eigenvalue weighted by Gasteiger charge is 2.46. The Hall–Kier alpha value is -1.00. The maximum absolute atomic E-state index is 13.8. The molecule has 1 aliphatic rings. The summed E-state index contributed by atoms with van der Waals surface area (Å²) in [5, 5.41) is 13.9. The van der Waals surface area contributed by atoms with Gasteiger partial charge in [-0.25, -0.2) is 8.78 Å². The summed E-state index contributed by atoms with van der Waals surface area (Å²) in [6.45, 7) is 4.70. The van der Waals surface area contributed by atoms with E-state index in [0.717, 1.165) is 0 Å². The Balaban J connectivity index is 2.56. The van der Waals surface area contributed by atoms with Gasteiger partial charge in [0.05, 0.1) is 5.56 Å². The van der Waals surface area contributed by atoms with Crippen molar-refractivity contribution in [2.45, 2.75) is 19.4 Å². The normalized spacial score (nSPS) is 33.7. The topological polar surface area (TPSA) is 32.3 Å². The van der Waals surface area contributed by atoms with E-state index < -0.39 is 17.2 Å². The van der Waals surface area contributed by atoms with Crippen molar-refractivity contribution in [1.29, 1.82) is 0 Å². The zero-order valence-electron chi connectivity index (χ0n) is 10.0. The van der Waals surface area contributed by atoms with Gasteiger partial charge in [0.1, 0.15) is 17.2 Å².